The van der Waals surface area contributed by atoms with Gasteiger partial charge < -0.3 is 10.4 Å². The number of para-hydroxylation sites is 1. The first-order chi connectivity index (χ1) is 10.7. The van der Waals surface area contributed by atoms with Crippen molar-refractivity contribution in [3.63, 3.8) is 0 Å². The standard InChI is InChI=1S/C17H19N3O2/c21-13-17(8-9-17)12-18-16(22)7-6-14-10-19-20(11-14)15-4-2-1-3-5-15/h1-7,10-11,21H,8-9,12-13H2,(H,18,22)/b7-6+. The van der Waals surface area contributed by atoms with E-state index in [1.165, 1.54) is 6.08 Å². The van der Waals surface area contributed by atoms with Crippen molar-refractivity contribution < 1.29 is 9.90 Å². The van der Waals surface area contributed by atoms with Gasteiger partial charge in [0.05, 0.1) is 18.5 Å². The number of carbonyl (C=O) groups is 1. The molecule has 0 unspecified atom stereocenters. The maximum Gasteiger partial charge on any atom is 0.244 e. The number of aliphatic hydroxyl groups excluding tert-OH is 1. The Balaban J connectivity index is 1.56. The highest BCUT2D eigenvalue weighted by molar-refractivity contribution is 5.91. The minimum absolute atomic E-state index is 0.0678. The highest BCUT2D eigenvalue weighted by atomic mass is 16.3. The van der Waals surface area contributed by atoms with Crippen molar-refractivity contribution in [1.82, 2.24) is 15.1 Å². The lowest BCUT2D eigenvalue weighted by atomic mass is 10.1. The summed E-state index contributed by atoms with van der Waals surface area (Å²) in [6.45, 7) is 0.677. The fourth-order valence-electron chi connectivity index (χ4n) is 2.22. The molecule has 2 N–H and O–H groups in total. The largest absolute Gasteiger partial charge is 0.396 e. The third-order valence-corrected chi connectivity index (χ3v) is 3.98. The minimum Gasteiger partial charge on any atom is -0.396 e. The topological polar surface area (TPSA) is 67.2 Å². The van der Waals surface area contributed by atoms with Gasteiger partial charge in [-0.3, -0.25) is 4.79 Å². The van der Waals surface area contributed by atoms with Crippen LogP contribution in [0, 0.1) is 5.41 Å². The third-order valence-electron chi connectivity index (χ3n) is 3.98. The molecule has 1 fully saturated rings. The lowest BCUT2D eigenvalue weighted by Gasteiger charge is -2.10. The van der Waals surface area contributed by atoms with Crippen molar-refractivity contribution in [2.24, 2.45) is 5.41 Å². The first kappa shape index (κ1) is 14.5. The summed E-state index contributed by atoms with van der Waals surface area (Å²) in [5, 5.41) is 16.3. The fraction of sp³-hybridized carbons (Fsp3) is 0.294. The van der Waals surface area contributed by atoms with E-state index in [1.54, 1.807) is 17.0 Å². The molecule has 2 aromatic rings. The number of rotatable bonds is 6. The van der Waals surface area contributed by atoms with E-state index >= 15 is 0 Å². The van der Waals surface area contributed by atoms with Gasteiger partial charge >= 0.3 is 0 Å². The Morgan fingerprint density at radius 1 is 1.36 bits per heavy atom. The molecule has 0 spiro atoms. The van der Waals surface area contributed by atoms with Gasteiger partial charge in [0.2, 0.25) is 5.91 Å². The highest BCUT2D eigenvalue weighted by Crippen LogP contribution is 2.44. The maximum absolute atomic E-state index is 11.8. The molecule has 1 amide bonds. The number of aromatic nitrogens is 2. The van der Waals surface area contributed by atoms with Gasteiger partial charge in [-0.15, -0.1) is 0 Å². The van der Waals surface area contributed by atoms with Crippen LogP contribution in [-0.2, 0) is 4.79 Å². The average Bonchev–Trinajstić information content (AvgIpc) is 3.20. The Labute approximate surface area is 129 Å². The molecule has 1 aliphatic rings. The Kier molecular flexibility index (Phi) is 4.06. The number of benzene rings is 1. The molecule has 5 heteroatoms. The minimum atomic E-state index is -0.146. The highest BCUT2D eigenvalue weighted by Gasteiger charge is 2.41. The fourth-order valence-corrected chi connectivity index (χ4v) is 2.22. The average molecular weight is 297 g/mol. The van der Waals surface area contributed by atoms with Crippen molar-refractivity contribution in [2.75, 3.05) is 13.2 Å². The van der Waals surface area contributed by atoms with Crippen LogP contribution in [0.1, 0.15) is 18.4 Å². The molecule has 3 rings (SSSR count). The van der Waals surface area contributed by atoms with Crippen LogP contribution < -0.4 is 5.32 Å². The van der Waals surface area contributed by atoms with Gasteiger partial charge in [-0.25, -0.2) is 4.68 Å². The van der Waals surface area contributed by atoms with Gasteiger partial charge in [0.25, 0.3) is 0 Å². The molecule has 22 heavy (non-hydrogen) atoms. The Morgan fingerprint density at radius 2 is 2.14 bits per heavy atom. The van der Waals surface area contributed by atoms with Crippen LogP contribution in [0.2, 0.25) is 0 Å². The van der Waals surface area contributed by atoms with Crippen LogP contribution >= 0.6 is 0 Å². The molecule has 1 saturated carbocycles. The predicted octanol–water partition coefficient (Wildman–Crippen LogP) is 1.77. The molecule has 1 aliphatic carbocycles. The number of hydrogen-bond donors (Lipinski definition) is 2. The zero-order chi connectivity index (χ0) is 15.4. The second-order valence-electron chi connectivity index (χ2n) is 5.76. The van der Waals surface area contributed by atoms with Crippen LogP contribution in [0.4, 0.5) is 0 Å². The van der Waals surface area contributed by atoms with E-state index < -0.39 is 0 Å². The van der Waals surface area contributed by atoms with Crippen molar-refractivity contribution in [3.05, 3.63) is 54.4 Å². The Morgan fingerprint density at radius 3 is 2.82 bits per heavy atom. The quantitative estimate of drug-likeness (QED) is 0.799. The maximum atomic E-state index is 11.8. The summed E-state index contributed by atoms with van der Waals surface area (Å²) in [4.78, 5) is 11.8. The van der Waals surface area contributed by atoms with E-state index in [0.29, 0.717) is 6.54 Å². The Bertz CT molecular complexity index is 672. The summed E-state index contributed by atoms with van der Waals surface area (Å²) in [6, 6.07) is 9.80. The van der Waals surface area contributed by atoms with E-state index in [4.69, 9.17) is 0 Å². The van der Waals surface area contributed by atoms with E-state index in [1.807, 2.05) is 36.5 Å². The van der Waals surface area contributed by atoms with E-state index in [0.717, 1.165) is 24.1 Å². The van der Waals surface area contributed by atoms with E-state index in [9.17, 15) is 9.90 Å². The molecule has 0 saturated heterocycles. The van der Waals surface area contributed by atoms with Crippen LogP contribution in [0.3, 0.4) is 0 Å². The van der Waals surface area contributed by atoms with Gasteiger partial charge in [-0.05, 0) is 31.1 Å². The van der Waals surface area contributed by atoms with Crippen molar-refractivity contribution in [3.8, 4) is 5.69 Å². The predicted molar refractivity (Wildman–Crippen MR) is 84.4 cm³/mol. The molecule has 0 bridgehead atoms. The molecule has 0 aliphatic heterocycles. The molecular weight excluding hydrogens is 278 g/mol. The van der Waals surface area contributed by atoms with Crippen molar-refractivity contribution in [1.29, 1.82) is 0 Å². The van der Waals surface area contributed by atoms with Gasteiger partial charge in [0.15, 0.2) is 0 Å². The van der Waals surface area contributed by atoms with E-state index in [-0.39, 0.29) is 17.9 Å². The normalized spacial score (nSPS) is 15.9. The van der Waals surface area contributed by atoms with E-state index in [2.05, 4.69) is 10.4 Å². The first-order valence-corrected chi connectivity index (χ1v) is 7.38. The molecule has 114 valence electrons. The van der Waals surface area contributed by atoms with Crippen LogP contribution in [0.5, 0.6) is 0 Å². The second kappa shape index (κ2) is 6.15. The van der Waals surface area contributed by atoms with Crippen LogP contribution in [-0.4, -0.2) is 33.9 Å². The number of nitrogens with one attached hydrogen (secondary N) is 1. The van der Waals surface area contributed by atoms with Gasteiger partial charge in [-0.2, -0.15) is 5.10 Å². The van der Waals surface area contributed by atoms with Crippen molar-refractivity contribution in [2.45, 2.75) is 12.8 Å². The molecule has 0 atom stereocenters. The number of hydrogen-bond acceptors (Lipinski definition) is 3. The van der Waals surface area contributed by atoms with Gasteiger partial charge in [-0.1, -0.05) is 18.2 Å². The molecule has 1 aromatic heterocycles. The summed E-state index contributed by atoms with van der Waals surface area (Å²) >= 11 is 0. The van der Waals surface area contributed by atoms with Crippen LogP contribution in [0.15, 0.2) is 48.8 Å². The third kappa shape index (κ3) is 3.43. The monoisotopic (exact) mass is 297 g/mol. The molecule has 5 nitrogen and oxygen atoms in total. The first-order valence-electron chi connectivity index (χ1n) is 7.38. The van der Waals surface area contributed by atoms with Crippen LogP contribution in [0.25, 0.3) is 11.8 Å². The number of aliphatic hydroxyl groups is 1. The zero-order valence-electron chi connectivity index (χ0n) is 12.3. The second-order valence-corrected chi connectivity index (χ2v) is 5.76. The number of carbonyl (C=O) groups excluding carboxylic acids is 1. The van der Waals surface area contributed by atoms with Crippen molar-refractivity contribution >= 4 is 12.0 Å². The Hall–Kier alpha value is -2.40. The summed E-state index contributed by atoms with van der Waals surface area (Å²) in [6.07, 6.45) is 8.79. The molecule has 1 aromatic carbocycles. The summed E-state index contributed by atoms with van der Waals surface area (Å²) in [5.74, 6) is -0.146. The lowest BCUT2D eigenvalue weighted by Crippen LogP contribution is -2.30. The van der Waals surface area contributed by atoms with Gasteiger partial charge in [0.1, 0.15) is 0 Å². The summed E-state index contributed by atoms with van der Waals surface area (Å²) < 4.78 is 1.77. The van der Waals surface area contributed by atoms with Gasteiger partial charge in [0, 0.05) is 29.8 Å². The summed E-state index contributed by atoms with van der Waals surface area (Å²) in [5.41, 5.74) is 1.77. The molecular formula is C17H19N3O2. The lowest BCUT2D eigenvalue weighted by molar-refractivity contribution is -0.116. The smallest absolute Gasteiger partial charge is 0.244 e. The molecule has 0 radical (unpaired) electrons. The summed E-state index contributed by atoms with van der Waals surface area (Å²) in [7, 11) is 0. The number of amides is 1. The zero-order valence-corrected chi connectivity index (χ0v) is 12.3. The number of nitrogens with zero attached hydrogens (tertiary/aromatic N) is 2. The molecule has 1 heterocycles. The SMILES string of the molecule is O=C(/C=C/c1cnn(-c2ccccc2)c1)NCC1(CO)CC1.